The predicted molar refractivity (Wildman–Crippen MR) is 181 cm³/mol. The molecule has 0 aliphatic carbocycles. The van der Waals surface area contributed by atoms with E-state index in [0.717, 1.165) is 36.4 Å². The molecule has 4 aromatic carbocycles. The molecule has 0 aromatic heterocycles. The first-order valence-corrected chi connectivity index (χ1v) is 19.0. The highest BCUT2D eigenvalue weighted by Gasteiger charge is 2.51. The lowest BCUT2D eigenvalue weighted by Crippen LogP contribution is -2.39. The predicted octanol–water partition coefficient (Wildman–Crippen LogP) is 8.23. The van der Waals surface area contributed by atoms with Crippen molar-refractivity contribution in [2.24, 2.45) is 0 Å². The van der Waals surface area contributed by atoms with Gasteiger partial charge in [-0.05, 0) is 92.6 Å². The van der Waals surface area contributed by atoms with Crippen LogP contribution in [0, 0.1) is 5.82 Å². The van der Waals surface area contributed by atoms with Crippen LogP contribution in [0.5, 0.6) is 0 Å². The first-order valence-electron chi connectivity index (χ1n) is 15.8. The maximum Gasteiger partial charge on any atom is 0.399 e. The van der Waals surface area contributed by atoms with Crippen LogP contribution < -0.4 is 0 Å². The Kier molecular flexibility index (Phi) is 12.2. The second-order valence-corrected chi connectivity index (χ2v) is 15.8. The van der Waals surface area contributed by atoms with Crippen LogP contribution in [-0.2, 0) is 43.5 Å². The van der Waals surface area contributed by atoms with E-state index in [1.165, 1.54) is 60.7 Å². The number of ketones is 1. The van der Waals surface area contributed by atoms with E-state index in [9.17, 15) is 50.5 Å². The van der Waals surface area contributed by atoms with Crippen molar-refractivity contribution >= 4 is 26.9 Å². The van der Waals surface area contributed by atoms with E-state index < -0.39 is 66.7 Å². The van der Waals surface area contributed by atoms with E-state index in [0.29, 0.717) is 16.7 Å². The molecule has 52 heavy (non-hydrogen) atoms. The molecule has 1 unspecified atom stereocenters. The fourth-order valence-corrected chi connectivity index (χ4v) is 6.69. The minimum absolute atomic E-state index is 0.0137. The van der Waals surface area contributed by atoms with Crippen molar-refractivity contribution in [3.05, 3.63) is 142 Å². The summed E-state index contributed by atoms with van der Waals surface area (Å²) in [5, 5.41) is 0. The quantitative estimate of drug-likeness (QED) is 0.0405. The van der Waals surface area contributed by atoms with Gasteiger partial charge in [0.2, 0.25) is 0 Å². The molecule has 0 heterocycles. The van der Waals surface area contributed by atoms with Crippen LogP contribution in [0.1, 0.15) is 75.2 Å². The molecule has 0 aliphatic heterocycles. The Balaban J connectivity index is 1.79. The smallest absolute Gasteiger partial charge is 0.399 e. The minimum atomic E-state index is -5.88. The molecular weight excluding hydrogens is 733 g/mol. The third-order valence-corrected chi connectivity index (χ3v) is 10.4. The number of hydrogen-bond acceptors (Lipinski definition) is 5. The van der Waals surface area contributed by atoms with Crippen molar-refractivity contribution in [2.45, 2.75) is 62.4 Å². The van der Waals surface area contributed by atoms with Crippen LogP contribution in [0.4, 0.5) is 22.0 Å². The maximum atomic E-state index is 14.6. The van der Waals surface area contributed by atoms with Gasteiger partial charge in [-0.25, -0.2) is 9.18 Å². The van der Waals surface area contributed by atoms with Gasteiger partial charge in [0.05, 0.1) is 17.1 Å². The van der Waals surface area contributed by atoms with E-state index in [1.807, 2.05) is 0 Å². The molecule has 0 aliphatic rings. The van der Waals surface area contributed by atoms with Crippen molar-refractivity contribution in [2.75, 3.05) is 0 Å². The average molecular weight is 769 g/mol. The Hall–Kier alpha value is -4.03. The molecule has 1 atom stereocenters. The number of aryl methyl sites for hydroxylation is 1. The lowest BCUT2D eigenvalue weighted by Gasteiger charge is -2.34. The number of ether oxygens (including phenoxy) is 1. The van der Waals surface area contributed by atoms with Crippen LogP contribution >= 0.6 is 15.2 Å². The molecule has 9 nitrogen and oxygen atoms in total. The lowest BCUT2D eigenvalue weighted by molar-refractivity contribution is 0.0377. The molecule has 0 saturated heterocycles. The van der Waals surface area contributed by atoms with E-state index in [4.69, 9.17) is 14.5 Å². The zero-order valence-electron chi connectivity index (χ0n) is 27.8. The SMILES string of the molecule is CC(C)OC(=O)c1ccc(C(CCCc2ccc(C(F)(F)P(=O)(O)O)cc2)(Cc2ccc(C(F)(F)P(=O)(O)O)cc2)C(=O)c2ccc(F)cc2)cc1. The van der Waals surface area contributed by atoms with Crippen molar-refractivity contribution in [1.82, 2.24) is 0 Å². The van der Waals surface area contributed by atoms with Crippen LogP contribution in [0.2, 0.25) is 0 Å². The normalized spacial score (nSPS) is 13.8. The Morgan fingerprint density at radius 2 is 1.08 bits per heavy atom. The lowest BCUT2D eigenvalue weighted by atomic mass is 9.67. The number of carbonyl (C=O) groups excluding carboxylic acids is 2. The molecule has 278 valence electrons. The molecule has 0 bridgehead atoms. The number of Topliss-reactive ketones (excluding diaryl/α,β-unsaturated/α-hetero) is 1. The summed E-state index contributed by atoms with van der Waals surface area (Å²) in [6.07, 6.45) is -0.225. The average Bonchev–Trinajstić information content (AvgIpc) is 3.07. The van der Waals surface area contributed by atoms with Crippen molar-refractivity contribution in [1.29, 1.82) is 0 Å². The zero-order valence-corrected chi connectivity index (χ0v) is 29.5. The highest BCUT2D eigenvalue weighted by molar-refractivity contribution is 7.52. The Morgan fingerprint density at radius 3 is 1.52 bits per heavy atom. The van der Waals surface area contributed by atoms with Gasteiger partial charge in [0, 0.05) is 16.7 Å². The van der Waals surface area contributed by atoms with Gasteiger partial charge in [0.25, 0.3) is 0 Å². The summed E-state index contributed by atoms with van der Waals surface area (Å²) < 4.78 is 99.4. The van der Waals surface area contributed by atoms with Gasteiger partial charge in [-0.15, -0.1) is 0 Å². The fraction of sp³-hybridized carbons (Fsp3) is 0.278. The molecule has 0 radical (unpaired) electrons. The van der Waals surface area contributed by atoms with E-state index in [2.05, 4.69) is 0 Å². The Bertz CT molecular complexity index is 1970. The number of carbonyl (C=O) groups is 2. The zero-order chi connectivity index (χ0) is 38.7. The number of alkyl halides is 4. The summed E-state index contributed by atoms with van der Waals surface area (Å²) in [7, 11) is -11.7. The summed E-state index contributed by atoms with van der Waals surface area (Å²) in [6.45, 7) is 3.33. The number of benzene rings is 4. The van der Waals surface area contributed by atoms with Gasteiger partial charge >= 0.3 is 32.5 Å². The summed E-state index contributed by atoms with van der Waals surface area (Å²) in [4.78, 5) is 63.8. The molecule has 0 fully saturated rings. The summed E-state index contributed by atoms with van der Waals surface area (Å²) in [5.74, 6) is -1.78. The fourth-order valence-electron chi connectivity index (χ4n) is 5.72. The molecule has 0 saturated carbocycles. The molecule has 4 N–H and O–H groups in total. The minimum Gasteiger partial charge on any atom is -0.459 e. The summed E-state index contributed by atoms with van der Waals surface area (Å²) in [5.41, 5.74) is -10.9. The molecule has 4 rings (SSSR count). The standard InChI is InChI=1S/C36H35F5O9P2/c1-23(2)50-33(43)27-9-17-28(18-10-27)34(32(42)26-11-19-31(37)20-12-26,22-25-7-15-30(16-8-25)36(40,41)52(47,48)49)21-3-4-24-5-13-29(14-6-24)35(38,39)51(44,45)46/h5-20,23H,3-4,21-22H2,1-2H3,(H2,44,45,46)(H2,47,48,49). The van der Waals surface area contributed by atoms with E-state index in [1.54, 1.807) is 13.8 Å². The number of halogens is 5. The first kappa shape index (κ1) is 40.7. The van der Waals surface area contributed by atoms with E-state index >= 15 is 0 Å². The van der Waals surface area contributed by atoms with E-state index in [-0.39, 0.29) is 36.8 Å². The van der Waals surface area contributed by atoms with Gasteiger partial charge < -0.3 is 24.3 Å². The van der Waals surface area contributed by atoms with Crippen molar-refractivity contribution < 1.29 is 65.0 Å². The molecule has 4 aromatic rings. The monoisotopic (exact) mass is 768 g/mol. The highest BCUT2D eigenvalue weighted by atomic mass is 31.2. The van der Waals surface area contributed by atoms with Gasteiger partial charge in [-0.3, -0.25) is 13.9 Å². The highest BCUT2D eigenvalue weighted by Crippen LogP contribution is 2.60. The molecule has 0 amide bonds. The van der Waals surface area contributed by atoms with Crippen LogP contribution in [0.15, 0.2) is 97.1 Å². The van der Waals surface area contributed by atoms with Crippen LogP contribution in [0.25, 0.3) is 0 Å². The molecule has 0 spiro atoms. The number of esters is 1. The van der Waals surface area contributed by atoms with Gasteiger partial charge in [0.15, 0.2) is 5.78 Å². The molecular formula is C36H35F5O9P2. The molecule has 16 heteroatoms. The number of rotatable bonds is 15. The Morgan fingerprint density at radius 1 is 0.654 bits per heavy atom. The largest absolute Gasteiger partial charge is 0.459 e. The third kappa shape index (κ3) is 8.94. The number of hydrogen-bond donors (Lipinski definition) is 4. The van der Waals surface area contributed by atoms with Crippen molar-refractivity contribution in [3.8, 4) is 0 Å². The Labute approximate surface area is 295 Å². The summed E-state index contributed by atoms with van der Waals surface area (Å²) in [6, 6.07) is 19.0. The summed E-state index contributed by atoms with van der Waals surface area (Å²) >= 11 is 0. The second-order valence-electron chi connectivity index (χ2n) is 12.5. The first-order chi connectivity index (χ1) is 24.1. The van der Waals surface area contributed by atoms with Crippen molar-refractivity contribution in [3.63, 3.8) is 0 Å². The van der Waals surface area contributed by atoms with Gasteiger partial charge in [0.1, 0.15) is 5.82 Å². The maximum absolute atomic E-state index is 14.6. The third-order valence-electron chi connectivity index (χ3n) is 8.47. The topological polar surface area (TPSA) is 158 Å². The van der Waals surface area contributed by atoms with Crippen LogP contribution in [0.3, 0.4) is 0 Å². The van der Waals surface area contributed by atoms with Crippen LogP contribution in [-0.4, -0.2) is 37.4 Å². The second kappa shape index (κ2) is 15.5. The van der Waals surface area contributed by atoms with Gasteiger partial charge in [-0.2, -0.15) is 17.6 Å². The van der Waals surface area contributed by atoms with Gasteiger partial charge in [-0.1, -0.05) is 60.7 Å².